The second-order valence-electron chi connectivity index (χ2n) is 8.34. The number of piperidine rings is 1. The molecule has 8 nitrogen and oxygen atoms in total. The van der Waals surface area contributed by atoms with Crippen molar-refractivity contribution in [1.29, 1.82) is 0 Å². The number of ether oxygens (including phenoxy) is 2. The van der Waals surface area contributed by atoms with Gasteiger partial charge in [-0.25, -0.2) is 8.42 Å². The third-order valence-electron chi connectivity index (χ3n) is 6.50. The maximum Gasteiger partial charge on any atom is 0.246 e. The number of para-hydroxylation sites is 1. The Morgan fingerprint density at radius 3 is 2.15 bits per heavy atom. The second kappa shape index (κ2) is 10.0. The number of methoxy groups -OCH3 is 2. The van der Waals surface area contributed by atoms with Crippen LogP contribution in [-0.4, -0.2) is 77.0 Å². The van der Waals surface area contributed by atoms with E-state index in [4.69, 9.17) is 9.47 Å². The lowest BCUT2D eigenvalue weighted by Crippen LogP contribution is -2.52. The largest absolute Gasteiger partial charge is 0.497 e. The summed E-state index contributed by atoms with van der Waals surface area (Å²) in [7, 11) is -0.810. The molecule has 2 fully saturated rings. The molecule has 2 heterocycles. The SMILES string of the molecule is COc1ccc(OC)c(S(=O)(=O)N2CCC(C(=O)N3CCN(c4ccccc4)CC3)CC2)c1. The molecule has 0 N–H and O–H groups in total. The molecule has 2 saturated heterocycles. The highest BCUT2D eigenvalue weighted by molar-refractivity contribution is 7.89. The summed E-state index contributed by atoms with van der Waals surface area (Å²) in [4.78, 5) is 17.4. The minimum atomic E-state index is -3.75. The quantitative estimate of drug-likeness (QED) is 0.641. The summed E-state index contributed by atoms with van der Waals surface area (Å²) in [6.45, 7) is 3.60. The standard InChI is InChI=1S/C24H31N3O5S/c1-31-21-8-9-22(32-2)23(18-21)33(29,30)27-12-10-19(11-13-27)24(28)26-16-14-25(15-17-26)20-6-4-3-5-7-20/h3-9,18-19H,10-17H2,1-2H3. The van der Waals surface area contributed by atoms with Crippen molar-refractivity contribution in [2.24, 2.45) is 5.92 Å². The van der Waals surface area contributed by atoms with Gasteiger partial charge < -0.3 is 19.3 Å². The number of carbonyl (C=O) groups excluding carboxylic acids is 1. The lowest BCUT2D eigenvalue weighted by atomic mass is 9.96. The van der Waals surface area contributed by atoms with Crippen LogP contribution in [0, 0.1) is 5.92 Å². The van der Waals surface area contributed by atoms with Crippen molar-refractivity contribution >= 4 is 21.6 Å². The Labute approximate surface area is 195 Å². The lowest BCUT2D eigenvalue weighted by molar-refractivity contribution is -0.137. The van der Waals surface area contributed by atoms with Gasteiger partial charge in [0.2, 0.25) is 15.9 Å². The van der Waals surface area contributed by atoms with E-state index in [2.05, 4.69) is 17.0 Å². The molecule has 9 heteroatoms. The van der Waals surface area contributed by atoms with Crippen LogP contribution in [0.2, 0.25) is 0 Å². The molecule has 0 saturated carbocycles. The van der Waals surface area contributed by atoms with E-state index in [1.165, 1.54) is 30.3 Å². The summed E-state index contributed by atoms with van der Waals surface area (Å²) in [5.41, 5.74) is 1.18. The number of piperazine rings is 1. The Hall–Kier alpha value is -2.78. The molecule has 0 radical (unpaired) electrons. The van der Waals surface area contributed by atoms with Gasteiger partial charge in [-0.1, -0.05) is 18.2 Å². The molecule has 0 spiro atoms. The zero-order valence-electron chi connectivity index (χ0n) is 19.1. The van der Waals surface area contributed by atoms with Crippen LogP contribution in [0.4, 0.5) is 5.69 Å². The van der Waals surface area contributed by atoms with Crippen molar-refractivity contribution in [2.45, 2.75) is 17.7 Å². The predicted molar refractivity (Wildman–Crippen MR) is 126 cm³/mol. The van der Waals surface area contributed by atoms with Crippen LogP contribution in [0.15, 0.2) is 53.4 Å². The number of hydrogen-bond donors (Lipinski definition) is 0. The maximum atomic E-state index is 13.3. The van der Waals surface area contributed by atoms with Crippen LogP contribution < -0.4 is 14.4 Å². The van der Waals surface area contributed by atoms with Gasteiger partial charge in [-0.05, 0) is 37.1 Å². The van der Waals surface area contributed by atoms with E-state index in [0.29, 0.717) is 44.8 Å². The van der Waals surface area contributed by atoms with E-state index in [-0.39, 0.29) is 22.5 Å². The summed E-state index contributed by atoms with van der Waals surface area (Å²) in [6, 6.07) is 15.0. The van der Waals surface area contributed by atoms with E-state index in [9.17, 15) is 13.2 Å². The van der Waals surface area contributed by atoms with Gasteiger partial charge in [-0.2, -0.15) is 4.31 Å². The van der Waals surface area contributed by atoms with Gasteiger partial charge in [0.05, 0.1) is 14.2 Å². The van der Waals surface area contributed by atoms with Crippen molar-refractivity contribution in [3.05, 3.63) is 48.5 Å². The van der Waals surface area contributed by atoms with E-state index < -0.39 is 10.0 Å². The molecule has 1 amide bonds. The van der Waals surface area contributed by atoms with Gasteiger partial charge in [-0.15, -0.1) is 0 Å². The Morgan fingerprint density at radius 2 is 1.55 bits per heavy atom. The van der Waals surface area contributed by atoms with Gasteiger partial charge in [0, 0.05) is 56.9 Å². The maximum absolute atomic E-state index is 13.3. The highest BCUT2D eigenvalue weighted by Gasteiger charge is 2.36. The molecule has 178 valence electrons. The van der Waals surface area contributed by atoms with Crippen LogP contribution in [0.5, 0.6) is 11.5 Å². The number of amides is 1. The Morgan fingerprint density at radius 1 is 0.879 bits per heavy atom. The first-order chi connectivity index (χ1) is 15.9. The molecule has 0 bridgehead atoms. The topological polar surface area (TPSA) is 79.4 Å². The molecule has 2 aromatic rings. The molecule has 0 atom stereocenters. The zero-order chi connectivity index (χ0) is 23.4. The summed E-state index contributed by atoms with van der Waals surface area (Å²) >= 11 is 0. The first-order valence-corrected chi connectivity index (χ1v) is 12.7. The average molecular weight is 474 g/mol. The Kier molecular flexibility index (Phi) is 7.09. The number of sulfonamides is 1. The first-order valence-electron chi connectivity index (χ1n) is 11.2. The average Bonchev–Trinajstić information content (AvgIpc) is 2.88. The van der Waals surface area contributed by atoms with Crippen molar-refractivity contribution < 1.29 is 22.7 Å². The van der Waals surface area contributed by atoms with E-state index in [1.807, 2.05) is 23.1 Å². The highest BCUT2D eigenvalue weighted by atomic mass is 32.2. The highest BCUT2D eigenvalue weighted by Crippen LogP contribution is 2.33. The Balaban J connectivity index is 1.36. The number of nitrogens with zero attached hydrogens (tertiary/aromatic N) is 3. The molecule has 0 unspecified atom stereocenters. The van der Waals surface area contributed by atoms with Crippen molar-refractivity contribution in [2.75, 3.05) is 58.4 Å². The van der Waals surface area contributed by atoms with Crippen LogP contribution in [-0.2, 0) is 14.8 Å². The molecular weight excluding hydrogens is 442 g/mol. The number of benzene rings is 2. The fourth-order valence-corrected chi connectivity index (χ4v) is 6.19. The number of rotatable bonds is 6. The molecule has 2 aromatic carbocycles. The van der Waals surface area contributed by atoms with Crippen molar-refractivity contribution in [3.63, 3.8) is 0 Å². The lowest BCUT2D eigenvalue weighted by Gasteiger charge is -2.39. The second-order valence-corrected chi connectivity index (χ2v) is 10.2. The zero-order valence-corrected chi connectivity index (χ0v) is 20.0. The third kappa shape index (κ3) is 4.94. The normalized spacial score (nSPS) is 18.2. The first kappa shape index (κ1) is 23.4. The summed E-state index contributed by atoms with van der Waals surface area (Å²) in [5.74, 6) is 0.727. The van der Waals surface area contributed by atoms with Gasteiger partial charge in [0.15, 0.2) is 0 Å². The van der Waals surface area contributed by atoms with Gasteiger partial charge >= 0.3 is 0 Å². The van der Waals surface area contributed by atoms with Gasteiger partial charge in [-0.3, -0.25) is 4.79 Å². The molecule has 4 rings (SSSR count). The molecule has 2 aliphatic heterocycles. The van der Waals surface area contributed by atoms with Crippen LogP contribution in [0.25, 0.3) is 0 Å². The molecule has 33 heavy (non-hydrogen) atoms. The predicted octanol–water partition coefficient (Wildman–Crippen LogP) is 2.45. The van der Waals surface area contributed by atoms with Gasteiger partial charge in [0.1, 0.15) is 16.4 Å². The van der Waals surface area contributed by atoms with Gasteiger partial charge in [0.25, 0.3) is 0 Å². The van der Waals surface area contributed by atoms with Crippen LogP contribution in [0.1, 0.15) is 12.8 Å². The number of anilines is 1. The number of carbonyl (C=O) groups is 1. The smallest absolute Gasteiger partial charge is 0.246 e. The monoisotopic (exact) mass is 473 g/mol. The molecular formula is C24H31N3O5S. The molecule has 0 aliphatic carbocycles. The fourth-order valence-electron chi connectivity index (χ4n) is 4.55. The van der Waals surface area contributed by atoms with Crippen molar-refractivity contribution in [1.82, 2.24) is 9.21 Å². The van der Waals surface area contributed by atoms with Crippen molar-refractivity contribution in [3.8, 4) is 11.5 Å². The van der Waals surface area contributed by atoms with E-state index in [0.717, 1.165) is 13.1 Å². The van der Waals surface area contributed by atoms with E-state index >= 15 is 0 Å². The number of hydrogen-bond acceptors (Lipinski definition) is 6. The Bertz CT molecular complexity index is 1060. The van der Waals surface area contributed by atoms with E-state index in [1.54, 1.807) is 12.1 Å². The minimum Gasteiger partial charge on any atom is -0.497 e. The summed E-state index contributed by atoms with van der Waals surface area (Å²) < 4.78 is 38.5. The third-order valence-corrected chi connectivity index (χ3v) is 8.42. The molecule has 2 aliphatic rings. The van der Waals surface area contributed by atoms with Crippen LogP contribution >= 0.6 is 0 Å². The van der Waals surface area contributed by atoms with Crippen LogP contribution in [0.3, 0.4) is 0 Å². The minimum absolute atomic E-state index is 0.0890. The summed E-state index contributed by atoms with van der Waals surface area (Å²) in [5, 5.41) is 0. The summed E-state index contributed by atoms with van der Waals surface area (Å²) in [6.07, 6.45) is 1.03. The fraction of sp³-hybridized carbons (Fsp3) is 0.458. The molecule has 0 aromatic heterocycles.